The molecule has 2 aromatic rings. The van der Waals surface area contributed by atoms with Crippen molar-refractivity contribution in [3.05, 3.63) is 64.3 Å². The van der Waals surface area contributed by atoms with Crippen molar-refractivity contribution in [2.24, 2.45) is 0 Å². The van der Waals surface area contributed by atoms with E-state index >= 15 is 0 Å². The Morgan fingerprint density at radius 1 is 1.24 bits per heavy atom. The highest BCUT2D eigenvalue weighted by atomic mass is 127. The lowest BCUT2D eigenvalue weighted by molar-refractivity contribution is -0.123. The van der Waals surface area contributed by atoms with E-state index in [-0.39, 0.29) is 18.2 Å². The van der Waals surface area contributed by atoms with E-state index in [2.05, 4.69) is 51.1 Å². The summed E-state index contributed by atoms with van der Waals surface area (Å²) in [4.78, 5) is 26.5. The maximum atomic E-state index is 13.2. The predicted molar refractivity (Wildman–Crippen MR) is 129 cm³/mol. The van der Waals surface area contributed by atoms with Crippen molar-refractivity contribution in [1.82, 2.24) is 4.90 Å². The smallest absolute Gasteiger partial charge is 0.293 e. The minimum absolute atomic E-state index is 0.0188. The maximum Gasteiger partial charge on any atom is 0.293 e. The maximum absolute atomic E-state index is 13.2. The van der Waals surface area contributed by atoms with Crippen LogP contribution >= 0.6 is 68.5 Å². The number of rotatable bonds is 5. The van der Waals surface area contributed by atoms with Gasteiger partial charge < -0.3 is 4.74 Å². The second-order valence-corrected chi connectivity index (χ2v) is 9.53. The lowest BCUT2D eigenvalue weighted by Gasteiger charge is -2.13. The molecule has 0 aromatic heterocycles. The first-order chi connectivity index (χ1) is 13.8. The highest BCUT2D eigenvalue weighted by Gasteiger charge is 2.35. The fourth-order valence-electron chi connectivity index (χ4n) is 2.52. The molecule has 1 saturated heterocycles. The van der Waals surface area contributed by atoms with Gasteiger partial charge in [-0.05, 0) is 98.4 Å². The number of nitrogens with zero attached hydrogens (tertiary/aromatic N) is 1. The van der Waals surface area contributed by atoms with Crippen LogP contribution < -0.4 is 4.74 Å². The van der Waals surface area contributed by atoms with Crippen LogP contribution in [-0.4, -0.2) is 22.7 Å². The van der Waals surface area contributed by atoms with Crippen LogP contribution in [0, 0.1) is 25.3 Å². The first-order valence-electron chi connectivity index (χ1n) is 8.04. The van der Waals surface area contributed by atoms with E-state index in [1.165, 1.54) is 12.1 Å². The zero-order valence-corrected chi connectivity index (χ0v) is 20.4. The van der Waals surface area contributed by atoms with Gasteiger partial charge in [0.1, 0.15) is 18.2 Å². The molecule has 0 atom stereocenters. The molecule has 0 spiro atoms. The van der Waals surface area contributed by atoms with E-state index in [4.69, 9.17) is 22.8 Å². The summed E-state index contributed by atoms with van der Waals surface area (Å²) >= 11 is 11.1. The standard InChI is InChI=1S/C20H11ClFI2NO3S/c1-2-5-28-18-15(23)6-11(7-16(18)24)8-17-19(26)25(20(27)29-17)10-12-3-4-13(22)9-14(12)21/h1,3-4,6-9H,5,10H2/b17-8-. The highest BCUT2D eigenvalue weighted by Crippen LogP contribution is 2.36. The topological polar surface area (TPSA) is 46.6 Å². The van der Waals surface area contributed by atoms with Gasteiger partial charge in [-0.25, -0.2) is 4.39 Å². The molecule has 1 aliphatic heterocycles. The number of ether oxygens (including phenoxy) is 1. The molecule has 2 amide bonds. The van der Waals surface area contributed by atoms with Crippen molar-refractivity contribution in [1.29, 1.82) is 0 Å². The zero-order valence-electron chi connectivity index (χ0n) is 14.5. The van der Waals surface area contributed by atoms with Crippen LogP contribution in [-0.2, 0) is 11.3 Å². The molecule has 0 aliphatic carbocycles. The molecule has 0 N–H and O–H groups in total. The first-order valence-corrected chi connectivity index (χ1v) is 11.4. The Hall–Kier alpha value is -1.29. The van der Waals surface area contributed by atoms with Gasteiger partial charge in [0.15, 0.2) is 0 Å². The van der Waals surface area contributed by atoms with Gasteiger partial charge in [-0.1, -0.05) is 23.6 Å². The van der Waals surface area contributed by atoms with Crippen molar-refractivity contribution in [2.45, 2.75) is 6.54 Å². The Balaban J connectivity index is 1.83. The van der Waals surface area contributed by atoms with Crippen molar-refractivity contribution >= 4 is 85.8 Å². The van der Waals surface area contributed by atoms with E-state index in [1.807, 2.05) is 12.1 Å². The van der Waals surface area contributed by atoms with Crippen LogP contribution in [0.5, 0.6) is 5.75 Å². The van der Waals surface area contributed by atoms with Gasteiger partial charge in [0.2, 0.25) is 0 Å². The van der Waals surface area contributed by atoms with Crippen LogP contribution in [0.25, 0.3) is 6.08 Å². The number of terminal acetylenes is 1. The molecule has 148 valence electrons. The number of imide groups is 1. The Morgan fingerprint density at radius 2 is 1.93 bits per heavy atom. The molecule has 0 saturated carbocycles. The lowest BCUT2D eigenvalue weighted by atomic mass is 10.2. The summed E-state index contributed by atoms with van der Waals surface area (Å²) in [5, 5.41) is -0.236. The van der Waals surface area contributed by atoms with Crippen molar-refractivity contribution in [2.75, 3.05) is 6.61 Å². The number of carbonyl (C=O) groups excluding carboxylic acids is 2. The first kappa shape index (κ1) is 22.4. The van der Waals surface area contributed by atoms with E-state index in [0.29, 0.717) is 16.2 Å². The summed E-state index contributed by atoms with van der Waals surface area (Å²) in [6, 6.07) is 7.55. The monoisotopic (exact) mass is 653 g/mol. The van der Waals surface area contributed by atoms with Gasteiger partial charge in [0.25, 0.3) is 11.1 Å². The fourth-order valence-corrected chi connectivity index (χ4v) is 5.72. The average molecular weight is 654 g/mol. The molecular weight excluding hydrogens is 643 g/mol. The molecule has 0 bridgehead atoms. The van der Waals surface area contributed by atoms with E-state index < -0.39 is 17.0 Å². The third-order valence-electron chi connectivity index (χ3n) is 3.84. The summed E-state index contributed by atoms with van der Waals surface area (Å²) < 4.78 is 20.4. The molecule has 2 aromatic carbocycles. The van der Waals surface area contributed by atoms with Crippen molar-refractivity contribution in [3.63, 3.8) is 0 Å². The Bertz CT molecular complexity index is 1060. The lowest BCUT2D eigenvalue weighted by Crippen LogP contribution is -2.27. The minimum Gasteiger partial charge on any atom is -0.479 e. The molecular formula is C20H11ClFI2NO3S. The van der Waals surface area contributed by atoms with Gasteiger partial charge in [-0.15, -0.1) is 6.42 Å². The van der Waals surface area contributed by atoms with E-state index in [0.717, 1.165) is 35.4 Å². The average Bonchev–Trinajstić information content (AvgIpc) is 2.90. The predicted octanol–water partition coefficient (Wildman–Crippen LogP) is 5.94. The van der Waals surface area contributed by atoms with Crippen LogP contribution in [0.4, 0.5) is 9.18 Å². The van der Waals surface area contributed by atoms with Crippen molar-refractivity contribution < 1.29 is 18.7 Å². The summed E-state index contributed by atoms with van der Waals surface area (Å²) in [6.07, 6.45) is 6.89. The number of benzene rings is 2. The summed E-state index contributed by atoms with van der Waals surface area (Å²) in [5.41, 5.74) is 1.26. The van der Waals surface area contributed by atoms with Gasteiger partial charge >= 0.3 is 0 Å². The number of thioether (sulfide) groups is 1. The number of hydrogen-bond donors (Lipinski definition) is 0. The fraction of sp³-hybridized carbons (Fsp3) is 0.100. The van der Waals surface area contributed by atoms with E-state index in [1.54, 1.807) is 6.08 Å². The number of carbonyl (C=O) groups is 2. The second kappa shape index (κ2) is 9.68. The van der Waals surface area contributed by atoms with Gasteiger partial charge in [-0.3, -0.25) is 14.5 Å². The number of amides is 2. The molecule has 1 fully saturated rings. The van der Waals surface area contributed by atoms with Crippen LogP contribution in [0.2, 0.25) is 5.02 Å². The molecule has 29 heavy (non-hydrogen) atoms. The highest BCUT2D eigenvalue weighted by molar-refractivity contribution is 14.1. The zero-order chi connectivity index (χ0) is 21.1. The molecule has 4 nitrogen and oxygen atoms in total. The largest absolute Gasteiger partial charge is 0.479 e. The summed E-state index contributed by atoms with van der Waals surface area (Å²) in [7, 11) is 0. The molecule has 1 heterocycles. The van der Waals surface area contributed by atoms with Gasteiger partial charge in [-0.2, -0.15) is 0 Å². The van der Waals surface area contributed by atoms with Crippen LogP contribution in [0.15, 0.2) is 35.2 Å². The van der Waals surface area contributed by atoms with Crippen molar-refractivity contribution in [3.8, 4) is 18.1 Å². The third-order valence-corrected chi connectivity index (χ3v) is 6.70. The molecule has 9 heteroatoms. The Morgan fingerprint density at radius 3 is 2.55 bits per heavy atom. The number of hydrogen-bond acceptors (Lipinski definition) is 4. The molecule has 1 aliphatic rings. The molecule has 3 rings (SSSR count). The summed E-state index contributed by atoms with van der Waals surface area (Å²) in [5.74, 6) is 2.21. The Labute approximate surface area is 203 Å². The molecule has 0 radical (unpaired) electrons. The minimum atomic E-state index is -0.480. The van der Waals surface area contributed by atoms with Crippen LogP contribution in [0.3, 0.4) is 0 Å². The second-order valence-electron chi connectivity index (χ2n) is 5.81. The number of halogens is 4. The van der Waals surface area contributed by atoms with Crippen LogP contribution in [0.1, 0.15) is 11.1 Å². The third kappa shape index (κ3) is 5.25. The summed E-state index contributed by atoms with van der Waals surface area (Å²) in [6.45, 7) is 0.144. The SMILES string of the molecule is C#CCOc1c(I)cc(/C=C2\SC(=O)N(Cc3ccc(F)cc3Cl)C2=O)cc1I. The van der Waals surface area contributed by atoms with Gasteiger partial charge in [0, 0.05) is 5.02 Å². The normalized spacial score (nSPS) is 15.1. The molecule has 0 unspecified atom stereocenters. The van der Waals surface area contributed by atoms with E-state index in [9.17, 15) is 14.0 Å². The van der Waals surface area contributed by atoms with Gasteiger partial charge in [0.05, 0.1) is 18.6 Å². The quantitative estimate of drug-likeness (QED) is 0.228. The Kier molecular flexibility index (Phi) is 7.47.